The van der Waals surface area contributed by atoms with Crippen LogP contribution in [0.5, 0.6) is 0 Å². The van der Waals surface area contributed by atoms with Crippen LogP contribution >= 0.6 is 11.3 Å². The van der Waals surface area contributed by atoms with Gasteiger partial charge in [-0.3, -0.25) is 4.79 Å². The fraction of sp³-hybridized carbons (Fsp3) is 0.0476. The van der Waals surface area contributed by atoms with E-state index >= 15 is 0 Å². The normalized spacial score (nSPS) is 10.8. The zero-order chi connectivity index (χ0) is 18.5. The highest BCUT2D eigenvalue weighted by atomic mass is 32.1. The molecule has 0 aliphatic rings. The second-order valence-electron chi connectivity index (χ2n) is 5.76. The molecule has 0 aliphatic heterocycles. The Morgan fingerprint density at radius 2 is 1.73 bits per heavy atom. The Morgan fingerprint density at radius 3 is 2.38 bits per heavy atom. The highest BCUT2D eigenvalue weighted by Crippen LogP contribution is 2.35. The molecule has 0 atom stereocenters. The summed E-state index contributed by atoms with van der Waals surface area (Å²) in [6, 6.07) is 18.8. The minimum Gasteiger partial charge on any atom is -0.478 e. The summed E-state index contributed by atoms with van der Waals surface area (Å²) < 4.78 is 0. The minimum atomic E-state index is -1.07. The standard InChI is InChI=1S/C21H17NO3S/c1-14-7-9-15(10-8-14)11-12-19(23)22-20-17(21(24)25)13-18(26-20)16-5-3-2-4-6-16/h2-13H,1H3,(H,22,23)(H,24,25)/b12-11+. The van der Waals surface area contributed by atoms with Gasteiger partial charge in [0.1, 0.15) is 5.00 Å². The van der Waals surface area contributed by atoms with Gasteiger partial charge in [0.05, 0.1) is 5.56 Å². The lowest BCUT2D eigenvalue weighted by Crippen LogP contribution is -2.09. The first-order valence-electron chi connectivity index (χ1n) is 8.01. The van der Waals surface area contributed by atoms with Crippen molar-refractivity contribution in [2.24, 2.45) is 0 Å². The maximum atomic E-state index is 12.2. The van der Waals surface area contributed by atoms with Crippen LogP contribution in [0.4, 0.5) is 5.00 Å². The number of aromatic carboxylic acids is 1. The molecule has 0 bridgehead atoms. The number of carboxylic acids is 1. The maximum absolute atomic E-state index is 12.2. The lowest BCUT2D eigenvalue weighted by Gasteiger charge is -2.00. The van der Waals surface area contributed by atoms with E-state index in [-0.39, 0.29) is 11.5 Å². The van der Waals surface area contributed by atoms with E-state index in [1.165, 1.54) is 17.4 Å². The summed E-state index contributed by atoms with van der Waals surface area (Å²) in [5.74, 6) is -1.43. The van der Waals surface area contributed by atoms with E-state index < -0.39 is 5.97 Å². The molecule has 1 aromatic heterocycles. The summed E-state index contributed by atoms with van der Waals surface area (Å²) in [6.45, 7) is 1.99. The molecule has 1 amide bonds. The lowest BCUT2D eigenvalue weighted by molar-refractivity contribution is -0.111. The van der Waals surface area contributed by atoms with Crippen molar-refractivity contribution in [1.82, 2.24) is 0 Å². The first-order chi connectivity index (χ1) is 12.5. The first kappa shape index (κ1) is 17.6. The van der Waals surface area contributed by atoms with Crippen LogP contribution in [-0.2, 0) is 4.79 Å². The number of carbonyl (C=O) groups is 2. The summed E-state index contributed by atoms with van der Waals surface area (Å²) in [5.41, 5.74) is 3.05. The molecule has 2 N–H and O–H groups in total. The van der Waals surface area contributed by atoms with Gasteiger partial charge in [-0.1, -0.05) is 60.2 Å². The Bertz CT molecular complexity index is 957. The third-order valence-electron chi connectivity index (χ3n) is 3.76. The number of carboxylic acid groups (broad SMARTS) is 1. The van der Waals surface area contributed by atoms with E-state index in [1.807, 2.05) is 61.5 Å². The number of nitrogens with one attached hydrogen (secondary N) is 1. The molecule has 1 heterocycles. The molecule has 0 saturated carbocycles. The zero-order valence-corrected chi connectivity index (χ0v) is 14.9. The van der Waals surface area contributed by atoms with Crippen LogP contribution in [0.2, 0.25) is 0 Å². The van der Waals surface area contributed by atoms with Crippen LogP contribution in [0, 0.1) is 6.92 Å². The van der Waals surface area contributed by atoms with Crippen LogP contribution in [0.15, 0.2) is 66.7 Å². The number of hydrogen-bond donors (Lipinski definition) is 2. The van der Waals surface area contributed by atoms with Gasteiger partial charge in [0.2, 0.25) is 5.91 Å². The number of anilines is 1. The topological polar surface area (TPSA) is 66.4 Å². The molecule has 3 aromatic rings. The molecule has 130 valence electrons. The Hall–Kier alpha value is -3.18. The molecule has 0 saturated heterocycles. The molecule has 0 unspecified atom stereocenters. The molecule has 5 heteroatoms. The molecule has 0 spiro atoms. The average molecular weight is 363 g/mol. The summed E-state index contributed by atoms with van der Waals surface area (Å²) in [5, 5.41) is 12.4. The number of amides is 1. The van der Waals surface area contributed by atoms with Gasteiger partial charge in [0.15, 0.2) is 0 Å². The molecule has 0 aliphatic carbocycles. The molecule has 26 heavy (non-hydrogen) atoms. The van der Waals surface area contributed by atoms with Gasteiger partial charge in [0.25, 0.3) is 0 Å². The summed E-state index contributed by atoms with van der Waals surface area (Å²) in [7, 11) is 0. The molecule has 0 radical (unpaired) electrons. The predicted octanol–water partition coefficient (Wildman–Crippen LogP) is 5.07. The first-order valence-corrected chi connectivity index (χ1v) is 8.83. The zero-order valence-electron chi connectivity index (χ0n) is 14.1. The van der Waals surface area contributed by atoms with E-state index in [2.05, 4.69) is 5.32 Å². The Kier molecular flexibility index (Phi) is 5.29. The third kappa shape index (κ3) is 4.26. The van der Waals surface area contributed by atoms with Gasteiger partial charge in [0, 0.05) is 11.0 Å². The van der Waals surface area contributed by atoms with Crippen LogP contribution in [0.1, 0.15) is 21.5 Å². The van der Waals surface area contributed by atoms with Crippen molar-refractivity contribution in [3.63, 3.8) is 0 Å². The van der Waals surface area contributed by atoms with Crippen LogP contribution < -0.4 is 5.32 Å². The van der Waals surface area contributed by atoms with Crippen molar-refractivity contribution in [3.8, 4) is 10.4 Å². The SMILES string of the molecule is Cc1ccc(/C=C/C(=O)Nc2sc(-c3ccccc3)cc2C(=O)O)cc1. The van der Waals surface area contributed by atoms with Gasteiger partial charge in [-0.25, -0.2) is 4.79 Å². The fourth-order valence-corrected chi connectivity index (χ4v) is 3.45. The van der Waals surface area contributed by atoms with Crippen LogP contribution in [0.3, 0.4) is 0 Å². The highest BCUT2D eigenvalue weighted by molar-refractivity contribution is 7.20. The summed E-state index contributed by atoms with van der Waals surface area (Å²) in [6.07, 6.45) is 3.10. The van der Waals surface area contributed by atoms with Crippen molar-refractivity contribution >= 4 is 34.3 Å². The van der Waals surface area contributed by atoms with Crippen molar-refractivity contribution in [2.75, 3.05) is 5.32 Å². The number of carbonyl (C=O) groups excluding carboxylic acids is 1. The quantitative estimate of drug-likeness (QED) is 0.622. The second kappa shape index (κ2) is 7.80. The van der Waals surface area contributed by atoms with E-state index in [1.54, 1.807) is 12.1 Å². The molecule has 0 fully saturated rings. The Labute approximate surface area is 155 Å². The van der Waals surface area contributed by atoms with E-state index in [9.17, 15) is 14.7 Å². The Morgan fingerprint density at radius 1 is 1.04 bits per heavy atom. The predicted molar refractivity (Wildman–Crippen MR) is 106 cm³/mol. The number of benzene rings is 2. The molecule has 3 rings (SSSR count). The van der Waals surface area contributed by atoms with E-state index in [4.69, 9.17) is 0 Å². The van der Waals surface area contributed by atoms with Gasteiger partial charge in [-0.2, -0.15) is 0 Å². The highest BCUT2D eigenvalue weighted by Gasteiger charge is 2.17. The van der Waals surface area contributed by atoms with Gasteiger partial charge in [-0.05, 0) is 30.2 Å². The van der Waals surface area contributed by atoms with Crippen molar-refractivity contribution in [3.05, 3.63) is 83.4 Å². The summed E-state index contributed by atoms with van der Waals surface area (Å²) in [4.78, 5) is 24.5. The van der Waals surface area contributed by atoms with E-state index in [0.717, 1.165) is 21.6 Å². The number of rotatable bonds is 5. The van der Waals surface area contributed by atoms with Crippen molar-refractivity contribution < 1.29 is 14.7 Å². The minimum absolute atomic E-state index is 0.0888. The molecular weight excluding hydrogens is 346 g/mol. The maximum Gasteiger partial charge on any atom is 0.338 e. The number of thiophene rings is 1. The number of hydrogen-bond acceptors (Lipinski definition) is 3. The summed E-state index contributed by atoms with van der Waals surface area (Å²) >= 11 is 1.25. The lowest BCUT2D eigenvalue weighted by atomic mass is 10.1. The monoisotopic (exact) mass is 363 g/mol. The Balaban J connectivity index is 1.80. The second-order valence-corrected chi connectivity index (χ2v) is 6.81. The molecular formula is C21H17NO3S. The van der Waals surface area contributed by atoms with Crippen molar-refractivity contribution in [1.29, 1.82) is 0 Å². The van der Waals surface area contributed by atoms with Gasteiger partial charge < -0.3 is 10.4 Å². The smallest absolute Gasteiger partial charge is 0.338 e. The average Bonchev–Trinajstić information content (AvgIpc) is 3.06. The fourth-order valence-electron chi connectivity index (χ4n) is 2.39. The van der Waals surface area contributed by atoms with Gasteiger partial charge in [-0.15, -0.1) is 11.3 Å². The van der Waals surface area contributed by atoms with Crippen LogP contribution in [0.25, 0.3) is 16.5 Å². The number of aryl methyl sites for hydroxylation is 1. The van der Waals surface area contributed by atoms with Crippen LogP contribution in [-0.4, -0.2) is 17.0 Å². The van der Waals surface area contributed by atoms with E-state index in [0.29, 0.717) is 5.00 Å². The van der Waals surface area contributed by atoms with Crippen molar-refractivity contribution in [2.45, 2.75) is 6.92 Å². The van der Waals surface area contributed by atoms with Gasteiger partial charge >= 0.3 is 5.97 Å². The molecule has 2 aromatic carbocycles. The largest absolute Gasteiger partial charge is 0.478 e. The molecule has 4 nitrogen and oxygen atoms in total. The third-order valence-corrected chi connectivity index (χ3v) is 4.86.